The lowest BCUT2D eigenvalue weighted by Gasteiger charge is -2.14. The van der Waals surface area contributed by atoms with Gasteiger partial charge in [-0.1, -0.05) is 6.07 Å². The van der Waals surface area contributed by atoms with Gasteiger partial charge in [-0.3, -0.25) is 14.3 Å². The van der Waals surface area contributed by atoms with Crippen LogP contribution in [-0.2, 0) is 36.5 Å². The molecule has 3 aromatic rings. The summed E-state index contributed by atoms with van der Waals surface area (Å²) in [5, 5.41) is 9.01. The minimum absolute atomic E-state index is 0.261. The van der Waals surface area contributed by atoms with Crippen molar-refractivity contribution in [2.24, 2.45) is 7.05 Å². The van der Waals surface area contributed by atoms with Crippen LogP contribution < -0.4 is 4.72 Å². The third kappa shape index (κ3) is 3.72. The second-order valence-corrected chi connectivity index (χ2v) is 9.14. The van der Waals surface area contributed by atoms with Crippen molar-refractivity contribution in [2.75, 3.05) is 6.54 Å². The molecular formula is C20H26N6O2S. The van der Waals surface area contributed by atoms with Gasteiger partial charge in [-0.15, -0.1) is 0 Å². The smallest absolute Gasteiger partial charge is 0.244 e. The Hall–Kier alpha value is -2.52. The van der Waals surface area contributed by atoms with Crippen LogP contribution in [-0.4, -0.2) is 39.5 Å². The first-order valence-corrected chi connectivity index (χ1v) is 11.4. The lowest BCUT2D eigenvalue weighted by molar-refractivity contribution is 0.538. The van der Waals surface area contributed by atoms with Crippen LogP contribution in [0.4, 0.5) is 0 Å². The summed E-state index contributed by atoms with van der Waals surface area (Å²) in [6.45, 7) is 4.22. The fourth-order valence-electron chi connectivity index (χ4n) is 4.07. The Kier molecular flexibility index (Phi) is 5.26. The fraction of sp³-hybridized carbons (Fsp3) is 0.450. The lowest BCUT2D eigenvalue weighted by Crippen LogP contribution is -2.29. The van der Waals surface area contributed by atoms with Crippen molar-refractivity contribution in [1.82, 2.24) is 29.3 Å². The molecule has 1 aliphatic carbocycles. The number of nitrogens with zero attached hydrogens (tertiary/aromatic N) is 5. The zero-order chi connectivity index (χ0) is 20.6. The van der Waals surface area contributed by atoms with Gasteiger partial charge in [0.05, 0.1) is 23.6 Å². The molecular weight excluding hydrogens is 388 g/mol. The van der Waals surface area contributed by atoms with Gasteiger partial charge in [0.15, 0.2) is 0 Å². The summed E-state index contributed by atoms with van der Waals surface area (Å²) < 4.78 is 31.8. The number of nitrogens with one attached hydrogen (secondary N) is 1. The van der Waals surface area contributed by atoms with E-state index in [0.717, 1.165) is 37.1 Å². The number of hydrogen-bond acceptors (Lipinski definition) is 5. The van der Waals surface area contributed by atoms with E-state index in [1.54, 1.807) is 31.8 Å². The van der Waals surface area contributed by atoms with Crippen molar-refractivity contribution < 1.29 is 8.42 Å². The topological polar surface area (TPSA) is 94.7 Å². The largest absolute Gasteiger partial charge is 0.271 e. The standard InChI is InChI=1S/C20H26N6O2S/c1-14-20(15(2)25(3)23-14)29(27,28)22-12-13-26-18-10-5-4-8-16(18)19(24-26)17-9-6-7-11-21-17/h6-7,9,11,22H,4-5,8,10,12-13H2,1-3H3. The molecule has 0 atom stereocenters. The van der Waals surface area contributed by atoms with Crippen molar-refractivity contribution in [2.45, 2.75) is 51.0 Å². The molecule has 1 N–H and O–H groups in total. The Morgan fingerprint density at radius 2 is 1.93 bits per heavy atom. The first-order chi connectivity index (χ1) is 13.9. The highest BCUT2D eigenvalue weighted by atomic mass is 32.2. The van der Waals surface area contributed by atoms with Gasteiger partial charge in [0, 0.05) is 31.0 Å². The molecule has 4 rings (SSSR count). The van der Waals surface area contributed by atoms with Gasteiger partial charge < -0.3 is 0 Å². The Bertz CT molecular complexity index is 1130. The van der Waals surface area contributed by atoms with Crippen LogP contribution >= 0.6 is 0 Å². The molecule has 0 aliphatic heterocycles. The molecule has 1 aliphatic rings. The Morgan fingerprint density at radius 1 is 1.14 bits per heavy atom. The SMILES string of the molecule is Cc1nn(C)c(C)c1S(=O)(=O)NCCn1nc(-c2ccccn2)c2c1CCCC2. The Balaban J connectivity index is 1.55. The molecule has 0 saturated carbocycles. The maximum atomic E-state index is 12.8. The van der Waals surface area contributed by atoms with E-state index in [-0.39, 0.29) is 11.4 Å². The Labute approximate surface area is 171 Å². The van der Waals surface area contributed by atoms with Gasteiger partial charge in [-0.05, 0) is 51.7 Å². The molecule has 0 saturated heterocycles. The van der Waals surface area contributed by atoms with E-state index in [2.05, 4.69) is 14.8 Å². The second kappa shape index (κ2) is 7.72. The zero-order valence-electron chi connectivity index (χ0n) is 17.0. The third-order valence-corrected chi connectivity index (χ3v) is 7.20. The quantitative estimate of drug-likeness (QED) is 0.667. The molecule has 29 heavy (non-hydrogen) atoms. The number of rotatable bonds is 6. The summed E-state index contributed by atoms with van der Waals surface area (Å²) in [5.74, 6) is 0. The highest BCUT2D eigenvalue weighted by Gasteiger charge is 2.25. The summed E-state index contributed by atoms with van der Waals surface area (Å²) in [7, 11) is -1.88. The number of pyridine rings is 1. The van der Waals surface area contributed by atoms with Crippen LogP contribution in [0.5, 0.6) is 0 Å². The third-order valence-electron chi connectivity index (χ3n) is 5.49. The lowest BCUT2D eigenvalue weighted by atomic mass is 9.95. The van der Waals surface area contributed by atoms with E-state index in [4.69, 9.17) is 5.10 Å². The molecule has 3 aromatic heterocycles. The molecule has 9 heteroatoms. The summed E-state index contributed by atoms with van der Waals surface area (Å²) >= 11 is 0. The van der Waals surface area contributed by atoms with Crippen molar-refractivity contribution in [3.63, 3.8) is 0 Å². The highest BCUT2D eigenvalue weighted by molar-refractivity contribution is 7.89. The molecule has 154 valence electrons. The summed E-state index contributed by atoms with van der Waals surface area (Å²) in [6, 6.07) is 5.83. The molecule has 0 amide bonds. The van der Waals surface area contributed by atoms with E-state index < -0.39 is 10.0 Å². The van der Waals surface area contributed by atoms with E-state index in [9.17, 15) is 8.42 Å². The summed E-state index contributed by atoms with van der Waals surface area (Å²) in [6.07, 6.45) is 5.99. The summed E-state index contributed by atoms with van der Waals surface area (Å²) in [5.41, 5.74) is 5.37. The van der Waals surface area contributed by atoms with Gasteiger partial charge >= 0.3 is 0 Å². The molecule has 0 unspecified atom stereocenters. The second-order valence-electron chi connectivity index (χ2n) is 7.44. The van der Waals surface area contributed by atoms with Crippen molar-refractivity contribution in [3.8, 4) is 11.4 Å². The molecule has 0 radical (unpaired) electrons. The van der Waals surface area contributed by atoms with Crippen molar-refractivity contribution in [3.05, 3.63) is 47.0 Å². The predicted octanol–water partition coefficient (Wildman–Crippen LogP) is 2.15. The minimum atomic E-state index is -3.62. The number of aryl methyl sites for hydroxylation is 2. The van der Waals surface area contributed by atoms with Crippen LogP contribution in [0, 0.1) is 13.8 Å². The number of hydrogen-bond donors (Lipinski definition) is 1. The van der Waals surface area contributed by atoms with Gasteiger partial charge in [0.1, 0.15) is 10.6 Å². The zero-order valence-corrected chi connectivity index (χ0v) is 17.8. The van der Waals surface area contributed by atoms with Gasteiger partial charge in [0.25, 0.3) is 0 Å². The number of fused-ring (bicyclic) bond motifs is 1. The van der Waals surface area contributed by atoms with E-state index >= 15 is 0 Å². The number of aromatic nitrogens is 5. The van der Waals surface area contributed by atoms with Gasteiger partial charge in [0.2, 0.25) is 10.0 Å². The van der Waals surface area contributed by atoms with Crippen molar-refractivity contribution >= 4 is 10.0 Å². The average molecular weight is 415 g/mol. The molecule has 3 heterocycles. The van der Waals surface area contributed by atoms with Gasteiger partial charge in [-0.25, -0.2) is 13.1 Å². The van der Waals surface area contributed by atoms with Crippen molar-refractivity contribution in [1.29, 1.82) is 0 Å². The first-order valence-electron chi connectivity index (χ1n) is 9.88. The molecule has 0 bridgehead atoms. The van der Waals surface area contributed by atoms with Gasteiger partial charge in [-0.2, -0.15) is 10.2 Å². The van der Waals surface area contributed by atoms with Crippen LogP contribution in [0.1, 0.15) is 35.5 Å². The average Bonchev–Trinajstić information content (AvgIpc) is 3.19. The normalized spacial score (nSPS) is 14.2. The maximum absolute atomic E-state index is 12.8. The molecule has 0 fully saturated rings. The Morgan fingerprint density at radius 3 is 2.62 bits per heavy atom. The number of sulfonamides is 1. The van der Waals surface area contributed by atoms with E-state index in [1.807, 2.05) is 22.9 Å². The minimum Gasteiger partial charge on any atom is -0.271 e. The molecule has 8 nitrogen and oxygen atoms in total. The van der Waals surface area contributed by atoms with E-state index in [1.165, 1.54) is 11.3 Å². The fourth-order valence-corrected chi connectivity index (χ4v) is 5.52. The van der Waals surface area contributed by atoms with E-state index in [0.29, 0.717) is 17.9 Å². The van der Waals surface area contributed by atoms with Crippen LogP contribution in [0.3, 0.4) is 0 Å². The molecule has 0 spiro atoms. The monoisotopic (exact) mass is 414 g/mol. The molecule has 0 aromatic carbocycles. The van der Waals surface area contributed by atoms with Crippen LogP contribution in [0.2, 0.25) is 0 Å². The first kappa shape index (κ1) is 19.8. The van der Waals surface area contributed by atoms with Crippen LogP contribution in [0.25, 0.3) is 11.4 Å². The maximum Gasteiger partial charge on any atom is 0.244 e. The predicted molar refractivity (Wildman–Crippen MR) is 110 cm³/mol. The highest BCUT2D eigenvalue weighted by Crippen LogP contribution is 2.30. The summed E-state index contributed by atoms with van der Waals surface area (Å²) in [4.78, 5) is 4.72. The van der Waals surface area contributed by atoms with Crippen LogP contribution in [0.15, 0.2) is 29.3 Å².